The lowest BCUT2D eigenvalue weighted by Crippen LogP contribution is -2.42. The number of rotatable bonds is 6. The molecule has 0 unspecified atom stereocenters. The molecule has 0 spiro atoms. The van der Waals surface area contributed by atoms with Crippen LogP contribution in [-0.4, -0.2) is 36.1 Å². The molecule has 8 heteroatoms. The van der Waals surface area contributed by atoms with Crippen LogP contribution in [0.25, 0.3) is 0 Å². The Morgan fingerprint density at radius 1 is 1.13 bits per heavy atom. The monoisotopic (exact) mass is 409 g/mol. The number of ether oxygens (including phenoxy) is 2. The molecule has 1 fully saturated rings. The van der Waals surface area contributed by atoms with Gasteiger partial charge < -0.3 is 20.1 Å². The quantitative estimate of drug-likeness (QED) is 0.715. The van der Waals surface area contributed by atoms with Crippen LogP contribution in [0, 0.1) is 0 Å². The average molecular weight is 409 g/mol. The number of aryl methyl sites for hydroxylation is 1. The Morgan fingerprint density at radius 3 is 2.60 bits per heavy atom. The molecular weight excluding hydrogens is 386 g/mol. The summed E-state index contributed by atoms with van der Waals surface area (Å²) in [6.45, 7) is 3.50. The standard InChI is InChI=1S/C22H23N3O5/c1-3-4-14-5-7-15(8-6-14)22(2)20(27)25(21(28)24-22)12-19(26)23-16-9-10-17-18(11-16)30-13-29-17/h5-11H,3-4,12-13H2,1-2H3,(H,23,26)(H,24,28)/t22-/m0/s1. The first-order valence-electron chi connectivity index (χ1n) is 9.84. The number of hydrogen-bond acceptors (Lipinski definition) is 5. The van der Waals surface area contributed by atoms with Gasteiger partial charge in [0.1, 0.15) is 12.1 Å². The highest BCUT2D eigenvalue weighted by Crippen LogP contribution is 2.34. The van der Waals surface area contributed by atoms with Crippen LogP contribution >= 0.6 is 0 Å². The molecule has 0 bridgehead atoms. The van der Waals surface area contributed by atoms with Gasteiger partial charge in [0.2, 0.25) is 12.7 Å². The Morgan fingerprint density at radius 2 is 1.87 bits per heavy atom. The van der Waals surface area contributed by atoms with E-state index in [-0.39, 0.29) is 13.3 Å². The minimum absolute atomic E-state index is 0.132. The van der Waals surface area contributed by atoms with E-state index in [0.717, 1.165) is 17.7 Å². The largest absolute Gasteiger partial charge is 0.454 e. The Hall–Kier alpha value is -3.55. The number of anilines is 1. The number of nitrogens with zero attached hydrogens (tertiary/aromatic N) is 1. The van der Waals surface area contributed by atoms with E-state index in [2.05, 4.69) is 17.6 Å². The van der Waals surface area contributed by atoms with Gasteiger partial charge in [-0.25, -0.2) is 4.79 Å². The maximum atomic E-state index is 13.0. The third kappa shape index (κ3) is 3.56. The molecule has 0 radical (unpaired) electrons. The summed E-state index contributed by atoms with van der Waals surface area (Å²) in [5.41, 5.74) is 1.13. The molecule has 156 valence electrons. The molecule has 1 saturated heterocycles. The van der Waals surface area contributed by atoms with E-state index in [1.807, 2.05) is 24.3 Å². The topological polar surface area (TPSA) is 97.0 Å². The SMILES string of the molecule is CCCc1ccc([C@]2(C)NC(=O)N(CC(=O)Nc3ccc4c(c3)OCO4)C2=O)cc1. The van der Waals surface area contributed by atoms with E-state index in [1.165, 1.54) is 5.56 Å². The fraction of sp³-hybridized carbons (Fsp3) is 0.318. The molecule has 0 saturated carbocycles. The van der Waals surface area contributed by atoms with Gasteiger partial charge in [-0.3, -0.25) is 14.5 Å². The first-order valence-corrected chi connectivity index (χ1v) is 9.84. The molecule has 4 rings (SSSR count). The Labute approximate surface area is 174 Å². The maximum Gasteiger partial charge on any atom is 0.325 e. The molecule has 2 aliphatic rings. The fourth-order valence-corrected chi connectivity index (χ4v) is 3.65. The van der Waals surface area contributed by atoms with E-state index in [0.29, 0.717) is 22.7 Å². The van der Waals surface area contributed by atoms with E-state index < -0.39 is 23.4 Å². The normalized spacial score (nSPS) is 19.7. The highest BCUT2D eigenvalue weighted by atomic mass is 16.7. The van der Waals surface area contributed by atoms with Crippen LogP contribution < -0.4 is 20.1 Å². The number of nitrogens with one attached hydrogen (secondary N) is 2. The van der Waals surface area contributed by atoms with Crippen LogP contribution in [-0.2, 0) is 21.5 Å². The van der Waals surface area contributed by atoms with E-state index in [1.54, 1.807) is 25.1 Å². The molecule has 30 heavy (non-hydrogen) atoms. The van der Waals surface area contributed by atoms with Crippen molar-refractivity contribution in [3.63, 3.8) is 0 Å². The minimum atomic E-state index is -1.21. The van der Waals surface area contributed by atoms with Crippen molar-refractivity contribution in [2.75, 3.05) is 18.7 Å². The van der Waals surface area contributed by atoms with Crippen molar-refractivity contribution in [2.24, 2.45) is 0 Å². The molecule has 2 heterocycles. The molecule has 8 nitrogen and oxygen atoms in total. The number of carbonyl (C=O) groups excluding carboxylic acids is 3. The number of amides is 4. The van der Waals surface area contributed by atoms with Gasteiger partial charge in [0.25, 0.3) is 5.91 Å². The van der Waals surface area contributed by atoms with Gasteiger partial charge in [0.05, 0.1) is 0 Å². The Balaban J connectivity index is 1.45. The van der Waals surface area contributed by atoms with Crippen molar-refractivity contribution in [1.82, 2.24) is 10.2 Å². The zero-order chi connectivity index (χ0) is 21.3. The molecule has 4 amide bonds. The highest BCUT2D eigenvalue weighted by Gasteiger charge is 2.49. The fourth-order valence-electron chi connectivity index (χ4n) is 3.65. The smallest absolute Gasteiger partial charge is 0.325 e. The van der Waals surface area contributed by atoms with Gasteiger partial charge >= 0.3 is 6.03 Å². The molecule has 2 aliphatic heterocycles. The third-order valence-electron chi connectivity index (χ3n) is 5.30. The predicted octanol–water partition coefficient (Wildman–Crippen LogP) is 2.77. The molecular formula is C22H23N3O5. The van der Waals surface area contributed by atoms with Crippen molar-refractivity contribution in [1.29, 1.82) is 0 Å². The third-order valence-corrected chi connectivity index (χ3v) is 5.30. The number of imide groups is 1. The summed E-state index contributed by atoms with van der Waals surface area (Å²) in [7, 11) is 0. The van der Waals surface area contributed by atoms with E-state index in [9.17, 15) is 14.4 Å². The predicted molar refractivity (Wildman–Crippen MR) is 109 cm³/mol. The summed E-state index contributed by atoms with van der Waals surface area (Å²) in [6.07, 6.45) is 1.97. The lowest BCUT2D eigenvalue weighted by atomic mass is 9.91. The summed E-state index contributed by atoms with van der Waals surface area (Å²) in [5, 5.41) is 5.40. The summed E-state index contributed by atoms with van der Waals surface area (Å²) in [6, 6.07) is 12.0. The van der Waals surface area contributed by atoms with Gasteiger partial charge in [0, 0.05) is 11.8 Å². The Kier molecular flexibility index (Phi) is 5.07. The minimum Gasteiger partial charge on any atom is -0.454 e. The van der Waals surface area contributed by atoms with Gasteiger partial charge in [-0.15, -0.1) is 0 Å². The van der Waals surface area contributed by atoms with Crippen LogP contribution in [0.3, 0.4) is 0 Å². The highest BCUT2D eigenvalue weighted by molar-refractivity contribution is 6.10. The maximum absolute atomic E-state index is 13.0. The van der Waals surface area contributed by atoms with E-state index in [4.69, 9.17) is 9.47 Å². The first-order chi connectivity index (χ1) is 14.4. The van der Waals surface area contributed by atoms with Gasteiger partial charge in [-0.1, -0.05) is 37.6 Å². The van der Waals surface area contributed by atoms with Crippen LogP contribution in [0.15, 0.2) is 42.5 Å². The summed E-state index contributed by atoms with van der Waals surface area (Å²) < 4.78 is 10.5. The van der Waals surface area contributed by atoms with Crippen LogP contribution in [0.4, 0.5) is 10.5 Å². The summed E-state index contributed by atoms with van der Waals surface area (Å²) in [5.74, 6) is 0.182. The lowest BCUT2D eigenvalue weighted by molar-refractivity contribution is -0.133. The summed E-state index contributed by atoms with van der Waals surface area (Å²) in [4.78, 5) is 38.9. The van der Waals surface area contributed by atoms with E-state index >= 15 is 0 Å². The number of carbonyl (C=O) groups is 3. The Bertz CT molecular complexity index is 1000. The number of hydrogen-bond donors (Lipinski definition) is 2. The molecule has 2 aromatic rings. The molecule has 2 aromatic carbocycles. The van der Waals surface area contributed by atoms with Crippen LogP contribution in [0.5, 0.6) is 11.5 Å². The van der Waals surface area contributed by atoms with Crippen molar-refractivity contribution < 1.29 is 23.9 Å². The number of urea groups is 1. The van der Waals surface area contributed by atoms with Gasteiger partial charge in [0.15, 0.2) is 11.5 Å². The van der Waals surface area contributed by atoms with Gasteiger partial charge in [-0.05, 0) is 36.6 Å². The van der Waals surface area contributed by atoms with Gasteiger partial charge in [-0.2, -0.15) is 0 Å². The number of benzene rings is 2. The summed E-state index contributed by atoms with van der Waals surface area (Å²) >= 11 is 0. The van der Waals surface area contributed by atoms with Crippen LogP contribution in [0.1, 0.15) is 31.4 Å². The van der Waals surface area contributed by atoms with Crippen molar-refractivity contribution in [3.05, 3.63) is 53.6 Å². The second-order valence-corrected chi connectivity index (χ2v) is 7.51. The second-order valence-electron chi connectivity index (χ2n) is 7.51. The van der Waals surface area contributed by atoms with Crippen molar-refractivity contribution in [2.45, 2.75) is 32.2 Å². The second kappa shape index (κ2) is 7.70. The number of fused-ring (bicyclic) bond motifs is 1. The zero-order valence-corrected chi connectivity index (χ0v) is 16.9. The molecule has 2 N–H and O–H groups in total. The first kappa shape index (κ1) is 19.8. The molecule has 1 atom stereocenters. The van der Waals surface area contributed by atoms with Crippen LogP contribution in [0.2, 0.25) is 0 Å². The van der Waals surface area contributed by atoms with Crippen molar-refractivity contribution in [3.8, 4) is 11.5 Å². The van der Waals surface area contributed by atoms with Crippen molar-refractivity contribution >= 4 is 23.5 Å². The average Bonchev–Trinajstić information content (AvgIpc) is 3.27. The zero-order valence-electron chi connectivity index (χ0n) is 16.9. The lowest BCUT2D eigenvalue weighted by Gasteiger charge is -2.22. The molecule has 0 aliphatic carbocycles. The molecule has 0 aromatic heterocycles.